The maximum atomic E-state index is 12.7. The lowest BCUT2D eigenvalue weighted by molar-refractivity contribution is -0.112. The van der Waals surface area contributed by atoms with E-state index < -0.39 is 0 Å². The highest BCUT2D eigenvalue weighted by Gasteiger charge is 2.30. The van der Waals surface area contributed by atoms with Crippen LogP contribution in [0, 0.1) is 12.3 Å². The van der Waals surface area contributed by atoms with Gasteiger partial charge in [0.15, 0.2) is 0 Å². The number of amides is 1. The zero-order valence-electron chi connectivity index (χ0n) is 13.3. The first-order chi connectivity index (χ1) is 11.7. The molecule has 0 N–H and O–H groups in total. The molecule has 1 heterocycles. The molecule has 1 aliphatic rings. The summed E-state index contributed by atoms with van der Waals surface area (Å²) in [5, 5.41) is 0.464. The third-order valence-corrected chi connectivity index (χ3v) is 4.15. The number of benzene rings is 2. The molecule has 24 heavy (non-hydrogen) atoms. The van der Waals surface area contributed by atoms with E-state index in [4.69, 9.17) is 22.8 Å². The molecule has 3 rings (SSSR count). The molecule has 120 valence electrons. The fourth-order valence-corrected chi connectivity index (χ4v) is 3.01. The number of anilines is 1. The fraction of sp³-hybridized carbons (Fsp3) is 0.150. The largest absolute Gasteiger partial charge is 0.479 e. The second-order valence-corrected chi connectivity index (χ2v) is 5.71. The smallest absolute Gasteiger partial charge is 0.258 e. The molecule has 0 atom stereocenters. The number of likely N-dealkylation sites (N-methyl/N-ethyl adjacent to an activating group) is 1. The number of para-hydroxylation sites is 1. The predicted octanol–water partition coefficient (Wildman–Crippen LogP) is 4.26. The third kappa shape index (κ3) is 2.89. The number of terminal acetylenes is 1. The molecule has 0 bridgehead atoms. The fourth-order valence-electron chi connectivity index (χ4n) is 2.77. The van der Waals surface area contributed by atoms with Crippen LogP contribution >= 0.6 is 11.6 Å². The van der Waals surface area contributed by atoms with E-state index in [9.17, 15) is 4.79 Å². The Kier molecular flexibility index (Phi) is 4.59. The van der Waals surface area contributed by atoms with E-state index >= 15 is 0 Å². The van der Waals surface area contributed by atoms with Gasteiger partial charge in [-0.25, -0.2) is 0 Å². The maximum absolute atomic E-state index is 12.7. The topological polar surface area (TPSA) is 29.5 Å². The predicted molar refractivity (Wildman–Crippen MR) is 98.1 cm³/mol. The summed E-state index contributed by atoms with van der Waals surface area (Å²) >= 11 is 6.22. The second-order valence-electron chi connectivity index (χ2n) is 5.31. The average Bonchev–Trinajstić information content (AvgIpc) is 2.86. The van der Waals surface area contributed by atoms with Gasteiger partial charge in [0.25, 0.3) is 5.91 Å². The molecule has 0 aliphatic carbocycles. The Labute approximate surface area is 146 Å². The minimum atomic E-state index is 0.00230. The number of ether oxygens (including phenoxy) is 1. The number of hydrogen-bond acceptors (Lipinski definition) is 2. The van der Waals surface area contributed by atoms with Gasteiger partial charge in [-0.1, -0.05) is 41.8 Å². The maximum Gasteiger partial charge on any atom is 0.258 e. The van der Waals surface area contributed by atoms with Crippen molar-refractivity contribution in [3.63, 3.8) is 0 Å². The number of halogens is 1. The Morgan fingerprint density at radius 1 is 1.29 bits per heavy atom. The number of carbonyl (C=O) groups excluding carboxylic acids is 1. The van der Waals surface area contributed by atoms with E-state index in [2.05, 4.69) is 5.92 Å². The van der Waals surface area contributed by atoms with Crippen LogP contribution in [0.4, 0.5) is 5.69 Å². The van der Waals surface area contributed by atoms with Crippen LogP contribution in [0.2, 0.25) is 5.02 Å². The molecule has 0 fully saturated rings. The van der Waals surface area contributed by atoms with Crippen molar-refractivity contribution in [1.29, 1.82) is 0 Å². The van der Waals surface area contributed by atoms with Gasteiger partial charge in [0.05, 0.1) is 10.7 Å². The van der Waals surface area contributed by atoms with Crippen molar-refractivity contribution in [3.8, 4) is 18.1 Å². The Morgan fingerprint density at radius 3 is 2.79 bits per heavy atom. The molecule has 0 radical (unpaired) electrons. The van der Waals surface area contributed by atoms with Crippen LogP contribution in [-0.4, -0.2) is 19.1 Å². The van der Waals surface area contributed by atoms with E-state index in [0.717, 1.165) is 16.8 Å². The van der Waals surface area contributed by atoms with Crippen molar-refractivity contribution < 1.29 is 9.53 Å². The van der Waals surface area contributed by atoms with Crippen molar-refractivity contribution in [2.75, 3.05) is 18.1 Å². The molecule has 4 heteroatoms. The minimum absolute atomic E-state index is 0.00230. The summed E-state index contributed by atoms with van der Waals surface area (Å²) in [4.78, 5) is 14.4. The summed E-state index contributed by atoms with van der Waals surface area (Å²) in [7, 11) is 0. The van der Waals surface area contributed by atoms with Gasteiger partial charge in [-0.15, -0.1) is 6.42 Å². The van der Waals surface area contributed by atoms with Gasteiger partial charge in [-0.2, -0.15) is 0 Å². The molecule has 0 unspecified atom stereocenters. The first-order valence-electron chi connectivity index (χ1n) is 7.64. The van der Waals surface area contributed by atoms with Gasteiger partial charge in [0.1, 0.15) is 12.4 Å². The van der Waals surface area contributed by atoms with Crippen LogP contribution < -0.4 is 9.64 Å². The molecule has 1 aliphatic heterocycles. The van der Waals surface area contributed by atoms with E-state index in [-0.39, 0.29) is 12.5 Å². The van der Waals surface area contributed by atoms with Gasteiger partial charge in [0, 0.05) is 17.7 Å². The van der Waals surface area contributed by atoms with Gasteiger partial charge < -0.3 is 9.64 Å². The number of fused-ring (bicyclic) bond motifs is 1. The first-order valence-corrected chi connectivity index (χ1v) is 8.02. The average molecular weight is 338 g/mol. The van der Waals surface area contributed by atoms with Crippen molar-refractivity contribution in [1.82, 2.24) is 0 Å². The summed E-state index contributed by atoms with van der Waals surface area (Å²) < 4.78 is 5.36. The molecule has 0 aromatic heterocycles. The van der Waals surface area contributed by atoms with E-state index in [1.54, 1.807) is 17.0 Å². The van der Waals surface area contributed by atoms with Crippen molar-refractivity contribution >= 4 is 34.8 Å². The Balaban J connectivity index is 1.99. The van der Waals surface area contributed by atoms with Gasteiger partial charge in [-0.05, 0) is 36.8 Å². The summed E-state index contributed by atoms with van der Waals surface area (Å²) in [5.74, 6) is 2.94. The highest BCUT2D eigenvalue weighted by atomic mass is 35.5. The zero-order chi connectivity index (χ0) is 17.1. The molecule has 3 nitrogen and oxygen atoms in total. The van der Waals surface area contributed by atoms with Crippen molar-refractivity contribution in [3.05, 3.63) is 58.6 Å². The Bertz CT molecular complexity index is 864. The molecule has 2 aromatic carbocycles. The summed E-state index contributed by atoms with van der Waals surface area (Å²) in [6.07, 6.45) is 7.04. The number of rotatable bonds is 4. The quantitative estimate of drug-likeness (QED) is 0.616. The molecule has 0 saturated carbocycles. The molecule has 0 saturated heterocycles. The number of hydrogen-bond donors (Lipinski definition) is 0. The SMILES string of the molecule is C#CCOc1ccc(/C=C2\C(=O)N(CC)c3ccccc32)cc1Cl. The lowest BCUT2D eigenvalue weighted by Gasteiger charge is -2.13. The molecule has 1 amide bonds. The highest BCUT2D eigenvalue weighted by Crippen LogP contribution is 2.38. The third-order valence-electron chi connectivity index (χ3n) is 3.85. The van der Waals surface area contributed by atoms with Gasteiger partial charge in [-0.3, -0.25) is 4.79 Å². The van der Waals surface area contributed by atoms with Crippen LogP contribution in [0.1, 0.15) is 18.1 Å². The number of carbonyl (C=O) groups is 1. The Hall–Kier alpha value is -2.70. The minimum Gasteiger partial charge on any atom is -0.479 e. The van der Waals surface area contributed by atoms with Crippen LogP contribution in [0.15, 0.2) is 42.5 Å². The van der Waals surface area contributed by atoms with Crippen molar-refractivity contribution in [2.24, 2.45) is 0 Å². The molecular weight excluding hydrogens is 322 g/mol. The molecular formula is C20H16ClNO2. The normalized spacial score (nSPS) is 14.6. The lowest BCUT2D eigenvalue weighted by Crippen LogP contribution is -2.25. The van der Waals surface area contributed by atoms with Crippen molar-refractivity contribution in [2.45, 2.75) is 6.92 Å². The van der Waals surface area contributed by atoms with Crippen LogP contribution in [0.5, 0.6) is 5.75 Å². The first kappa shape index (κ1) is 16.2. The van der Waals surface area contributed by atoms with E-state index in [1.807, 2.05) is 43.3 Å². The monoisotopic (exact) mass is 337 g/mol. The zero-order valence-corrected chi connectivity index (χ0v) is 14.0. The number of nitrogens with zero attached hydrogens (tertiary/aromatic N) is 1. The van der Waals surface area contributed by atoms with Crippen LogP contribution in [-0.2, 0) is 4.79 Å². The van der Waals surface area contributed by atoms with Crippen LogP contribution in [0.25, 0.3) is 11.6 Å². The molecule has 0 spiro atoms. The summed E-state index contributed by atoms with van der Waals surface area (Å²) in [6.45, 7) is 2.76. The highest BCUT2D eigenvalue weighted by molar-refractivity contribution is 6.36. The van der Waals surface area contributed by atoms with Gasteiger partial charge >= 0.3 is 0 Å². The summed E-state index contributed by atoms with van der Waals surface area (Å²) in [6, 6.07) is 13.2. The lowest BCUT2D eigenvalue weighted by atomic mass is 10.0. The second kappa shape index (κ2) is 6.82. The van der Waals surface area contributed by atoms with E-state index in [1.165, 1.54) is 0 Å². The Morgan fingerprint density at radius 2 is 2.08 bits per heavy atom. The molecule has 2 aromatic rings. The van der Waals surface area contributed by atoms with Gasteiger partial charge in [0.2, 0.25) is 0 Å². The summed E-state index contributed by atoms with van der Waals surface area (Å²) in [5.41, 5.74) is 3.38. The van der Waals surface area contributed by atoms with E-state index in [0.29, 0.717) is 22.9 Å². The van der Waals surface area contributed by atoms with Crippen LogP contribution in [0.3, 0.4) is 0 Å². The standard InChI is InChI=1S/C20H16ClNO2/c1-3-11-24-19-10-9-14(13-17(19)21)12-16-15-7-5-6-8-18(15)22(4-2)20(16)23/h1,5-10,12-13H,4,11H2,2H3/b16-12-.